The van der Waals surface area contributed by atoms with Crippen LogP contribution in [0.2, 0.25) is 0 Å². The lowest BCUT2D eigenvalue weighted by Gasteiger charge is -1.86. The van der Waals surface area contributed by atoms with Gasteiger partial charge in [0.05, 0.1) is 0 Å². The average molecular weight is 98.2 g/mol. The topological polar surface area (TPSA) is 3.01 Å². The molecule has 1 nitrogen and oxygen atoms in total. The van der Waals surface area contributed by atoms with Crippen LogP contribution in [0.3, 0.4) is 0 Å². The van der Waals surface area contributed by atoms with E-state index in [1.54, 1.807) is 0 Å². The lowest BCUT2D eigenvalue weighted by Crippen LogP contribution is -2.06. The molecule has 1 rings (SSSR count). The standard InChI is InChI=1S/C6H12N/c1-2-7-5-3-4-6-7/h5H,2-4,6H2,1H3/q+1. The SMILES string of the molecule is CC[N+]1=CCCC1. The lowest BCUT2D eigenvalue weighted by atomic mass is 10.4. The van der Waals surface area contributed by atoms with Crippen molar-refractivity contribution in [2.24, 2.45) is 0 Å². The molecular formula is C6H12N+. The molecule has 7 heavy (non-hydrogen) atoms. The van der Waals surface area contributed by atoms with Gasteiger partial charge in [-0.05, 0) is 6.92 Å². The van der Waals surface area contributed by atoms with Gasteiger partial charge in [-0.15, -0.1) is 0 Å². The quantitative estimate of drug-likeness (QED) is 0.428. The van der Waals surface area contributed by atoms with Gasteiger partial charge >= 0.3 is 0 Å². The lowest BCUT2D eigenvalue weighted by molar-refractivity contribution is -0.512. The first-order valence-corrected chi connectivity index (χ1v) is 3.01. The summed E-state index contributed by atoms with van der Waals surface area (Å²) in [5.41, 5.74) is 0. The van der Waals surface area contributed by atoms with E-state index in [0.717, 1.165) is 0 Å². The molecule has 0 aliphatic carbocycles. The molecule has 0 fully saturated rings. The zero-order valence-electron chi connectivity index (χ0n) is 4.85. The Morgan fingerprint density at radius 2 is 2.57 bits per heavy atom. The van der Waals surface area contributed by atoms with E-state index >= 15 is 0 Å². The van der Waals surface area contributed by atoms with Crippen molar-refractivity contribution in [3.63, 3.8) is 0 Å². The minimum atomic E-state index is 1.19. The largest absolute Gasteiger partial charge is 0.240 e. The summed E-state index contributed by atoms with van der Waals surface area (Å²) in [6, 6.07) is 0. The Hall–Kier alpha value is -0.330. The fourth-order valence-electron chi connectivity index (χ4n) is 0.947. The monoisotopic (exact) mass is 98.1 g/mol. The van der Waals surface area contributed by atoms with Crippen LogP contribution in [0.4, 0.5) is 0 Å². The average Bonchev–Trinajstić information content (AvgIpc) is 2.14. The van der Waals surface area contributed by atoms with Crippen molar-refractivity contribution in [3.8, 4) is 0 Å². The highest BCUT2D eigenvalue weighted by molar-refractivity contribution is 5.52. The van der Waals surface area contributed by atoms with Gasteiger partial charge in [0.15, 0.2) is 0 Å². The van der Waals surface area contributed by atoms with Gasteiger partial charge in [-0.3, -0.25) is 0 Å². The van der Waals surface area contributed by atoms with E-state index in [9.17, 15) is 0 Å². The van der Waals surface area contributed by atoms with Gasteiger partial charge in [-0.2, -0.15) is 0 Å². The van der Waals surface area contributed by atoms with Crippen molar-refractivity contribution in [2.75, 3.05) is 13.1 Å². The third-order valence-electron chi connectivity index (χ3n) is 1.44. The number of hydrogen-bond donors (Lipinski definition) is 0. The molecule has 0 N–H and O–H groups in total. The second kappa shape index (κ2) is 2.10. The van der Waals surface area contributed by atoms with Crippen LogP contribution < -0.4 is 0 Å². The summed E-state index contributed by atoms with van der Waals surface area (Å²) in [5, 5.41) is 0. The van der Waals surface area contributed by atoms with Gasteiger partial charge in [0.1, 0.15) is 19.3 Å². The molecule has 0 unspecified atom stereocenters. The van der Waals surface area contributed by atoms with Crippen LogP contribution in [0, 0.1) is 0 Å². The minimum absolute atomic E-state index is 1.19. The molecule has 1 aliphatic rings. The van der Waals surface area contributed by atoms with Crippen molar-refractivity contribution in [1.29, 1.82) is 0 Å². The Bertz CT molecular complexity index is 84.2. The first-order chi connectivity index (χ1) is 3.43. The summed E-state index contributed by atoms with van der Waals surface area (Å²) < 4.78 is 2.36. The minimum Gasteiger partial charge on any atom is -0.240 e. The normalized spacial score (nSPS) is 19.9. The van der Waals surface area contributed by atoms with Gasteiger partial charge in [-0.25, -0.2) is 4.58 Å². The summed E-state index contributed by atoms with van der Waals surface area (Å²) in [5.74, 6) is 0. The zero-order valence-corrected chi connectivity index (χ0v) is 4.85. The first kappa shape index (κ1) is 4.82. The van der Waals surface area contributed by atoms with Gasteiger partial charge < -0.3 is 0 Å². The smallest absolute Gasteiger partial charge is 0.143 e. The molecule has 0 radical (unpaired) electrons. The summed E-state index contributed by atoms with van der Waals surface area (Å²) in [7, 11) is 0. The van der Waals surface area contributed by atoms with Crippen LogP contribution in [0.1, 0.15) is 19.8 Å². The Morgan fingerprint density at radius 3 is 2.86 bits per heavy atom. The molecule has 1 heteroatoms. The Kier molecular flexibility index (Phi) is 1.45. The molecule has 0 spiro atoms. The van der Waals surface area contributed by atoms with Crippen LogP contribution in [0.25, 0.3) is 0 Å². The molecule has 0 saturated carbocycles. The highest BCUT2D eigenvalue weighted by Gasteiger charge is 2.05. The summed E-state index contributed by atoms with van der Waals surface area (Å²) >= 11 is 0. The summed E-state index contributed by atoms with van der Waals surface area (Å²) in [6.45, 7) is 4.68. The molecule has 0 saturated heterocycles. The fourth-order valence-corrected chi connectivity index (χ4v) is 0.947. The van der Waals surface area contributed by atoms with Gasteiger partial charge in [0, 0.05) is 12.8 Å². The molecule has 0 bridgehead atoms. The fraction of sp³-hybridized carbons (Fsp3) is 0.833. The molecule has 40 valence electrons. The van der Waals surface area contributed by atoms with E-state index in [0.29, 0.717) is 0 Å². The predicted molar refractivity (Wildman–Crippen MR) is 31.0 cm³/mol. The molecule has 0 aromatic carbocycles. The number of nitrogens with zero attached hydrogens (tertiary/aromatic N) is 1. The van der Waals surface area contributed by atoms with Gasteiger partial charge in [0.25, 0.3) is 0 Å². The molecule has 0 aromatic rings. The Labute approximate surface area is 44.7 Å². The molecule has 1 aliphatic heterocycles. The van der Waals surface area contributed by atoms with Crippen molar-refractivity contribution in [3.05, 3.63) is 0 Å². The van der Waals surface area contributed by atoms with Crippen molar-refractivity contribution >= 4 is 6.21 Å². The van der Waals surface area contributed by atoms with Gasteiger partial charge in [0.2, 0.25) is 0 Å². The maximum atomic E-state index is 2.36. The van der Waals surface area contributed by atoms with Crippen LogP contribution >= 0.6 is 0 Å². The highest BCUT2D eigenvalue weighted by Crippen LogP contribution is 1.94. The number of hydrogen-bond acceptors (Lipinski definition) is 0. The highest BCUT2D eigenvalue weighted by atomic mass is 15.0. The molecule has 0 aromatic heterocycles. The van der Waals surface area contributed by atoms with Crippen LogP contribution in [0.5, 0.6) is 0 Å². The van der Waals surface area contributed by atoms with Crippen molar-refractivity contribution < 1.29 is 4.58 Å². The molecule has 0 amide bonds. The van der Waals surface area contributed by atoms with Crippen LogP contribution in [-0.4, -0.2) is 23.9 Å². The maximum absolute atomic E-state index is 2.36. The van der Waals surface area contributed by atoms with Crippen LogP contribution in [-0.2, 0) is 0 Å². The van der Waals surface area contributed by atoms with E-state index in [-0.39, 0.29) is 0 Å². The van der Waals surface area contributed by atoms with E-state index in [1.807, 2.05) is 0 Å². The predicted octanol–water partition coefficient (Wildman–Crippen LogP) is 0.883. The van der Waals surface area contributed by atoms with Crippen LogP contribution in [0.15, 0.2) is 0 Å². The van der Waals surface area contributed by atoms with E-state index in [2.05, 4.69) is 17.7 Å². The van der Waals surface area contributed by atoms with E-state index in [1.165, 1.54) is 25.9 Å². The zero-order chi connectivity index (χ0) is 5.11. The maximum Gasteiger partial charge on any atom is 0.143 e. The molecule has 1 heterocycles. The second-order valence-electron chi connectivity index (χ2n) is 1.95. The third-order valence-corrected chi connectivity index (χ3v) is 1.44. The second-order valence-corrected chi connectivity index (χ2v) is 1.95. The molecule has 0 atom stereocenters. The first-order valence-electron chi connectivity index (χ1n) is 3.01. The summed E-state index contributed by atoms with van der Waals surface area (Å²) in [4.78, 5) is 0. The third kappa shape index (κ3) is 1.02. The van der Waals surface area contributed by atoms with Crippen molar-refractivity contribution in [2.45, 2.75) is 19.8 Å². The summed E-state index contributed by atoms with van der Waals surface area (Å²) in [6.07, 6.45) is 4.96. The van der Waals surface area contributed by atoms with E-state index in [4.69, 9.17) is 0 Å². The Balaban J connectivity index is 2.36. The van der Waals surface area contributed by atoms with E-state index < -0.39 is 0 Å². The van der Waals surface area contributed by atoms with Crippen molar-refractivity contribution in [1.82, 2.24) is 0 Å². The molecular weight excluding hydrogens is 86.1 g/mol. The Morgan fingerprint density at radius 1 is 1.71 bits per heavy atom. The number of rotatable bonds is 1. The van der Waals surface area contributed by atoms with Gasteiger partial charge in [-0.1, -0.05) is 0 Å².